The van der Waals surface area contributed by atoms with Crippen LogP contribution >= 0.6 is 11.6 Å². The van der Waals surface area contributed by atoms with Crippen molar-refractivity contribution in [2.24, 2.45) is 11.7 Å². The third-order valence-corrected chi connectivity index (χ3v) is 4.26. The zero-order valence-corrected chi connectivity index (χ0v) is 13.2. The molecule has 1 aliphatic rings. The number of piperidine rings is 1. The molecule has 2 rings (SSSR count). The molecule has 0 spiro atoms. The first-order valence-corrected chi connectivity index (χ1v) is 7.74. The summed E-state index contributed by atoms with van der Waals surface area (Å²) in [5.74, 6) is 0.565. The molecule has 1 unspecified atom stereocenters. The van der Waals surface area contributed by atoms with E-state index in [1.165, 1.54) is 11.1 Å². The fraction of sp³-hybridized carbons (Fsp3) is 0.714. The van der Waals surface area contributed by atoms with Crippen molar-refractivity contribution in [3.63, 3.8) is 0 Å². The summed E-state index contributed by atoms with van der Waals surface area (Å²) >= 11 is 6.25. The van der Waals surface area contributed by atoms with Gasteiger partial charge >= 0.3 is 0 Å². The molecule has 0 aromatic carbocycles. The molecule has 2 heterocycles. The molecule has 118 valence electrons. The van der Waals surface area contributed by atoms with E-state index < -0.39 is 0 Å². The summed E-state index contributed by atoms with van der Waals surface area (Å²) in [5.41, 5.74) is 6.12. The summed E-state index contributed by atoms with van der Waals surface area (Å²) in [5, 5.41) is 4.44. The van der Waals surface area contributed by atoms with Gasteiger partial charge in [0.05, 0.1) is 25.0 Å². The molecule has 21 heavy (non-hydrogen) atoms. The van der Waals surface area contributed by atoms with Gasteiger partial charge in [0.15, 0.2) is 0 Å². The quantitative estimate of drug-likeness (QED) is 0.851. The number of hydrogen-bond acceptors (Lipinski definition) is 5. The lowest BCUT2D eigenvalue weighted by atomic mass is 9.94. The van der Waals surface area contributed by atoms with Crippen LogP contribution in [-0.4, -0.2) is 43.1 Å². The SMILES string of the molecule is COCCn1ncc(N2CCCC(CCN)C2)c(Cl)c1=O. The van der Waals surface area contributed by atoms with Crippen LogP contribution in [0.25, 0.3) is 0 Å². The summed E-state index contributed by atoms with van der Waals surface area (Å²) in [6.45, 7) is 3.34. The number of hydrogen-bond donors (Lipinski definition) is 1. The van der Waals surface area contributed by atoms with Gasteiger partial charge in [0, 0.05) is 20.2 Å². The van der Waals surface area contributed by atoms with E-state index in [2.05, 4.69) is 10.00 Å². The maximum Gasteiger partial charge on any atom is 0.287 e. The Balaban J connectivity index is 2.16. The maximum atomic E-state index is 12.2. The highest BCUT2D eigenvalue weighted by Crippen LogP contribution is 2.27. The average molecular weight is 315 g/mol. The summed E-state index contributed by atoms with van der Waals surface area (Å²) in [6, 6.07) is 0. The second-order valence-corrected chi connectivity index (χ2v) is 5.77. The van der Waals surface area contributed by atoms with E-state index in [0.29, 0.717) is 25.6 Å². The van der Waals surface area contributed by atoms with Gasteiger partial charge in [0.25, 0.3) is 5.56 Å². The zero-order chi connectivity index (χ0) is 15.2. The molecule has 1 aromatic rings. The highest BCUT2D eigenvalue weighted by atomic mass is 35.5. The fourth-order valence-corrected chi connectivity index (χ4v) is 3.03. The molecule has 1 fully saturated rings. The Morgan fingerprint density at radius 2 is 2.38 bits per heavy atom. The van der Waals surface area contributed by atoms with Crippen molar-refractivity contribution in [2.45, 2.75) is 25.8 Å². The topological polar surface area (TPSA) is 73.4 Å². The summed E-state index contributed by atoms with van der Waals surface area (Å²) in [7, 11) is 1.59. The fourth-order valence-electron chi connectivity index (χ4n) is 2.77. The first-order valence-electron chi connectivity index (χ1n) is 7.37. The molecular formula is C14H23ClN4O2. The van der Waals surface area contributed by atoms with Crippen molar-refractivity contribution in [1.82, 2.24) is 9.78 Å². The smallest absolute Gasteiger partial charge is 0.287 e. The van der Waals surface area contributed by atoms with Gasteiger partial charge in [-0.05, 0) is 31.7 Å². The van der Waals surface area contributed by atoms with Gasteiger partial charge in [-0.15, -0.1) is 0 Å². The molecule has 7 heteroatoms. The predicted molar refractivity (Wildman–Crippen MR) is 84.0 cm³/mol. The van der Waals surface area contributed by atoms with Crippen LogP contribution in [0, 0.1) is 5.92 Å². The lowest BCUT2D eigenvalue weighted by molar-refractivity contribution is 0.182. The van der Waals surface area contributed by atoms with Gasteiger partial charge in [-0.25, -0.2) is 4.68 Å². The van der Waals surface area contributed by atoms with Crippen LogP contribution in [0.2, 0.25) is 5.02 Å². The average Bonchev–Trinajstić information content (AvgIpc) is 2.49. The van der Waals surface area contributed by atoms with E-state index in [1.807, 2.05) is 0 Å². The Morgan fingerprint density at radius 3 is 3.10 bits per heavy atom. The molecule has 0 saturated carbocycles. The highest BCUT2D eigenvalue weighted by Gasteiger charge is 2.22. The van der Waals surface area contributed by atoms with Gasteiger partial charge in [-0.3, -0.25) is 4.79 Å². The summed E-state index contributed by atoms with van der Waals surface area (Å²) < 4.78 is 6.31. The van der Waals surface area contributed by atoms with Crippen LogP contribution in [0.5, 0.6) is 0 Å². The highest BCUT2D eigenvalue weighted by molar-refractivity contribution is 6.33. The van der Waals surface area contributed by atoms with E-state index in [4.69, 9.17) is 22.1 Å². The normalized spacial score (nSPS) is 19.0. The van der Waals surface area contributed by atoms with E-state index >= 15 is 0 Å². The van der Waals surface area contributed by atoms with E-state index in [-0.39, 0.29) is 10.6 Å². The first kappa shape index (κ1) is 16.3. The molecule has 1 aromatic heterocycles. The standard InChI is InChI=1S/C14H23ClN4O2/c1-21-8-7-19-14(20)13(15)12(9-17-19)18-6-2-3-11(10-18)4-5-16/h9,11H,2-8,10,16H2,1H3. The second-order valence-electron chi connectivity index (χ2n) is 5.40. The van der Waals surface area contributed by atoms with Crippen LogP contribution in [0.1, 0.15) is 19.3 Å². The Kier molecular flexibility index (Phi) is 6.02. The van der Waals surface area contributed by atoms with Gasteiger partial charge in [0.1, 0.15) is 5.02 Å². The Morgan fingerprint density at radius 1 is 1.57 bits per heavy atom. The lowest BCUT2D eigenvalue weighted by Crippen LogP contribution is -2.38. The summed E-state index contributed by atoms with van der Waals surface area (Å²) in [4.78, 5) is 14.4. The number of nitrogens with two attached hydrogens (primary N) is 1. The Bertz CT molecular complexity index is 518. The van der Waals surface area contributed by atoms with Gasteiger partial charge in [-0.2, -0.15) is 5.10 Å². The molecule has 1 atom stereocenters. The van der Waals surface area contributed by atoms with Crippen LogP contribution in [-0.2, 0) is 11.3 Å². The van der Waals surface area contributed by atoms with Crippen LogP contribution in [0.3, 0.4) is 0 Å². The molecule has 0 bridgehead atoms. The van der Waals surface area contributed by atoms with E-state index in [9.17, 15) is 4.79 Å². The van der Waals surface area contributed by atoms with Crippen molar-refractivity contribution < 1.29 is 4.74 Å². The van der Waals surface area contributed by atoms with Gasteiger partial charge in [0.2, 0.25) is 0 Å². The minimum Gasteiger partial charge on any atom is -0.383 e. The largest absolute Gasteiger partial charge is 0.383 e. The maximum absolute atomic E-state index is 12.2. The van der Waals surface area contributed by atoms with Crippen molar-refractivity contribution in [3.8, 4) is 0 Å². The van der Waals surface area contributed by atoms with Crippen LogP contribution in [0.4, 0.5) is 5.69 Å². The molecular weight excluding hydrogens is 292 g/mol. The number of anilines is 1. The van der Waals surface area contributed by atoms with E-state index in [0.717, 1.165) is 31.6 Å². The second kappa shape index (κ2) is 7.77. The number of methoxy groups -OCH3 is 1. The minimum atomic E-state index is -0.257. The molecule has 0 radical (unpaired) electrons. The van der Waals surface area contributed by atoms with Gasteiger partial charge in [-0.1, -0.05) is 11.6 Å². The Hall–Kier alpha value is -1.11. The zero-order valence-electron chi connectivity index (χ0n) is 12.4. The number of ether oxygens (including phenoxy) is 1. The first-order chi connectivity index (χ1) is 10.2. The number of aromatic nitrogens is 2. The van der Waals surface area contributed by atoms with Crippen molar-refractivity contribution >= 4 is 17.3 Å². The molecule has 6 nitrogen and oxygen atoms in total. The lowest BCUT2D eigenvalue weighted by Gasteiger charge is -2.34. The summed E-state index contributed by atoms with van der Waals surface area (Å²) in [6.07, 6.45) is 4.97. The molecule has 2 N–H and O–H groups in total. The third kappa shape index (κ3) is 3.96. The Labute approximate surface area is 129 Å². The van der Waals surface area contributed by atoms with Crippen LogP contribution < -0.4 is 16.2 Å². The molecule has 1 aliphatic heterocycles. The molecule has 0 aliphatic carbocycles. The van der Waals surface area contributed by atoms with Crippen molar-refractivity contribution in [1.29, 1.82) is 0 Å². The minimum absolute atomic E-state index is 0.245. The monoisotopic (exact) mass is 314 g/mol. The molecule has 1 saturated heterocycles. The predicted octanol–water partition coefficient (Wildman–Crippen LogP) is 1.11. The third-order valence-electron chi connectivity index (χ3n) is 3.91. The van der Waals surface area contributed by atoms with Gasteiger partial charge < -0.3 is 15.4 Å². The molecule has 0 amide bonds. The van der Waals surface area contributed by atoms with Crippen molar-refractivity contribution in [2.75, 3.05) is 38.3 Å². The van der Waals surface area contributed by atoms with Crippen molar-refractivity contribution in [3.05, 3.63) is 21.6 Å². The van der Waals surface area contributed by atoms with Crippen LogP contribution in [0.15, 0.2) is 11.0 Å². The number of nitrogens with zero attached hydrogens (tertiary/aromatic N) is 3. The number of rotatable bonds is 6. The van der Waals surface area contributed by atoms with E-state index in [1.54, 1.807) is 13.3 Å². The number of halogens is 1.